The van der Waals surface area contributed by atoms with Crippen molar-refractivity contribution in [3.63, 3.8) is 0 Å². The summed E-state index contributed by atoms with van der Waals surface area (Å²) in [7, 11) is 1.52. The van der Waals surface area contributed by atoms with Crippen molar-refractivity contribution in [2.45, 2.75) is 13.8 Å². The third-order valence-corrected chi connectivity index (χ3v) is 2.44. The molecule has 0 saturated carbocycles. The molecule has 1 rings (SSSR count). The van der Waals surface area contributed by atoms with E-state index in [1.807, 2.05) is 19.9 Å². The number of rotatable bonds is 4. The third-order valence-electron chi connectivity index (χ3n) is 2.44. The number of hydrogen-bond acceptors (Lipinski definition) is 3. The van der Waals surface area contributed by atoms with Crippen molar-refractivity contribution in [3.8, 4) is 5.75 Å². The lowest BCUT2D eigenvalue weighted by atomic mass is 9.99. The number of ether oxygens (including phenoxy) is 1. The quantitative estimate of drug-likeness (QED) is 0.782. The van der Waals surface area contributed by atoms with Crippen molar-refractivity contribution in [3.05, 3.63) is 34.9 Å². The molecular weight excluding hydrogens is 220 g/mol. The first-order valence-electron chi connectivity index (χ1n) is 5.19. The van der Waals surface area contributed by atoms with E-state index in [9.17, 15) is 9.90 Å². The molecule has 4 heteroatoms. The van der Waals surface area contributed by atoms with Gasteiger partial charge >= 0.3 is 5.97 Å². The second-order valence-electron chi connectivity index (χ2n) is 3.83. The Bertz CT molecular complexity index is 461. The number of carboxylic acids is 1. The van der Waals surface area contributed by atoms with Crippen LogP contribution in [0.4, 0.5) is 0 Å². The van der Waals surface area contributed by atoms with Gasteiger partial charge in [0.25, 0.3) is 0 Å². The summed E-state index contributed by atoms with van der Waals surface area (Å²) in [4.78, 5) is 10.7. The molecule has 0 aliphatic heterocycles. The van der Waals surface area contributed by atoms with Crippen molar-refractivity contribution >= 4 is 11.5 Å². The predicted molar refractivity (Wildman–Crippen MR) is 65.2 cm³/mol. The summed E-state index contributed by atoms with van der Waals surface area (Å²) in [5, 5.41) is 18.0. The van der Waals surface area contributed by atoms with Crippen LogP contribution in [0.25, 0.3) is 5.57 Å². The van der Waals surface area contributed by atoms with Crippen LogP contribution < -0.4 is 4.74 Å². The van der Waals surface area contributed by atoms with E-state index in [0.29, 0.717) is 16.9 Å². The van der Waals surface area contributed by atoms with Gasteiger partial charge in [0.15, 0.2) is 0 Å². The number of methoxy groups -OCH3 is 1. The van der Waals surface area contributed by atoms with Gasteiger partial charge in [-0.2, -0.15) is 0 Å². The maximum absolute atomic E-state index is 10.7. The summed E-state index contributed by atoms with van der Waals surface area (Å²) in [6, 6.07) is 3.74. The first-order valence-corrected chi connectivity index (χ1v) is 5.19. The van der Waals surface area contributed by atoms with Gasteiger partial charge in [0.05, 0.1) is 13.7 Å². The van der Waals surface area contributed by atoms with Crippen LogP contribution in [0, 0.1) is 13.8 Å². The minimum absolute atomic E-state index is 0.334. The number of aliphatic carboxylic acids is 1. The molecule has 0 unspecified atom stereocenters. The van der Waals surface area contributed by atoms with Gasteiger partial charge in [-0.1, -0.05) is 6.07 Å². The fraction of sp³-hybridized carbons (Fsp3) is 0.308. The lowest BCUT2D eigenvalue weighted by molar-refractivity contribution is -0.131. The molecule has 0 spiro atoms. The van der Waals surface area contributed by atoms with Gasteiger partial charge in [0, 0.05) is 11.6 Å². The van der Waals surface area contributed by atoms with E-state index < -0.39 is 5.97 Å². The fourth-order valence-electron chi connectivity index (χ4n) is 1.82. The third kappa shape index (κ3) is 3.07. The Kier molecular flexibility index (Phi) is 4.29. The van der Waals surface area contributed by atoms with Crippen molar-refractivity contribution in [1.29, 1.82) is 0 Å². The molecule has 0 aliphatic carbocycles. The van der Waals surface area contributed by atoms with Crippen molar-refractivity contribution in [1.82, 2.24) is 0 Å². The standard InChI is InChI=1S/C13H16O4/c1-8-4-9(2)13(17-3)11(5-8)10(7-14)6-12(15)16/h4-6,14H,7H2,1-3H3,(H,15,16)/b10-6+. The summed E-state index contributed by atoms with van der Waals surface area (Å²) in [6.45, 7) is 3.45. The first-order chi connectivity index (χ1) is 7.99. The number of aliphatic hydroxyl groups is 1. The molecule has 0 saturated heterocycles. The Hall–Kier alpha value is -1.81. The SMILES string of the molecule is COc1c(C)cc(C)cc1/C(=C/C(=O)O)CO. The normalized spacial score (nSPS) is 11.4. The number of aliphatic hydroxyl groups excluding tert-OH is 1. The maximum Gasteiger partial charge on any atom is 0.328 e. The van der Waals surface area contributed by atoms with Crippen LogP contribution in [0.15, 0.2) is 18.2 Å². The summed E-state index contributed by atoms with van der Waals surface area (Å²) < 4.78 is 5.25. The lowest BCUT2D eigenvalue weighted by Gasteiger charge is -2.14. The Morgan fingerprint density at radius 2 is 2.06 bits per heavy atom. The molecule has 0 aromatic heterocycles. The second kappa shape index (κ2) is 5.50. The molecular formula is C13H16O4. The highest BCUT2D eigenvalue weighted by atomic mass is 16.5. The highest BCUT2D eigenvalue weighted by Gasteiger charge is 2.12. The molecule has 0 amide bonds. The topological polar surface area (TPSA) is 66.8 Å². The first kappa shape index (κ1) is 13.3. The summed E-state index contributed by atoms with van der Waals surface area (Å²) in [5.41, 5.74) is 2.85. The van der Waals surface area contributed by atoms with Gasteiger partial charge < -0.3 is 14.9 Å². The summed E-state index contributed by atoms with van der Waals surface area (Å²) in [6.07, 6.45) is 0.997. The Morgan fingerprint density at radius 3 is 2.53 bits per heavy atom. The van der Waals surface area contributed by atoms with Gasteiger partial charge in [0.2, 0.25) is 0 Å². The highest BCUT2D eigenvalue weighted by Crippen LogP contribution is 2.30. The lowest BCUT2D eigenvalue weighted by Crippen LogP contribution is -2.01. The molecule has 2 N–H and O–H groups in total. The van der Waals surface area contributed by atoms with Crippen LogP contribution in [-0.2, 0) is 4.79 Å². The van der Waals surface area contributed by atoms with Crippen LogP contribution in [-0.4, -0.2) is 29.9 Å². The Labute approximate surface area is 100 Å². The Balaban J connectivity index is 3.42. The Morgan fingerprint density at radius 1 is 1.41 bits per heavy atom. The summed E-state index contributed by atoms with van der Waals surface area (Å²) in [5.74, 6) is -0.493. The second-order valence-corrected chi connectivity index (χ2v) is 3.83. The molecule has 1 aromatic rings. The highest BCUT2D eigenvalue weighted by molar-refractivity contribution is 5.91. The number of carbonyl (C=O) groups is 1. The summed E-state index contributed by atoms with van der Waals surface area (Å²) >= 11 is 0. The number of benzene rings is 1. The number of hydrogen-bond donors (Lipinski definition) is 2. The largest absolute Gasteiger partial charge is 0.496 e. The molecule has 92 valence electrons. The minimum Gasteiger partial charge on any atom is -0.496 e. The monoisotopic (exact) mass is 236 g/mol. The molecule has 1 aromatic carbocycles. The molecule has 0 radical (unpaired) electrons. The molecule has 4 nitrogen and oxygen atoms in total. The molecule has 0 bridgehead atoms. The zero-order valence-corrected chi connectivity index (χ0v) is 10.2. The van der Waals surface area contributed by atoms with Crippen molar-refractivity contribution < 1.29 is 19.7 Å². The number of aryl methyl sites for hydroxylation is 2. The van der Waals surface area contributed by atoms with Crippen LogP contribution in [0.2, 0.25) is 0 Å². The minimum atomic E-state index is -1.09. The van der Waals surface area contributed by atoms with E-state index in [0.717, 1.165) is 17.2 Å². The zero-order valence-electron chi connectivity index (χ0n) is 10.2. The van der Waals surface area contributed by atoms with Crippen molar-refractivity contribution in [2.24, 2.45) is 0 Å². The van der Waals surface area contributed by atoms with Gasteiger partial charge in [0.1, 0.15) is 5.75 Å². The molecule has 17 heavy (non-hydrogen) atoms. The molecule has 0 atom stereocenters. The predicted octanol–water partition coefficient (Wildman–Crippen LogP) is 1.77. The van der Waals surface area contributed by atoms with Gasteiger partial charge in [-0.05, 0) is 36.6 Å². The number of carboxylic acid groups (broad SMARTS) is 1. The van der Waals surface area contributed by atoms with Crippen LogP contribution >= 0.6 is 0 Å². The van der Waals surface area contributed by atoms with E-state index in [4.69, 9.17) is 9.84 Å². The zero-order chi connectivity index (χ0) is 13.0. The fourth-order valence-corrected chi connectivity index (χ4v) is 1.82. The molecule has 0 fully saturated rings. The van der Waals surface area contributed by atoms with Gasteiger partial charge in [-0.25, -0.2) is 4.79 Å². The van der Waals surface area contributed by atoms with E-state index in [1.165, 1.54) is 7.11 Å². The van der Waals surface area contributed by atoms with E-state index >= 15 is 0 Å². The van der Waals surface area contributed by atoms with Crippen molar-refractivity contribution in [2.75, 3.05) is 13.7 Å². The van der Waals surface area contributed by atoms with E-state index in [-0.39, 0.29) is 6.61 Å². The average Bonchev–Trinajstić information content (AvgIpc) is 2.24. The van der Waals surface area contributed by atoms with E-state index in [1.54, 1.807) is 6.07 Å². The van der Waals surface area contributed by atoms with Crippen LogP contribution in [0.5, 0.6) is 5.75 Å². The van der Waals surface area contributed by atoms with E-state index in [2.05, 4.69) is 0 Å². The smallest absolute Gasteiger partial charge is 0.328 e. The van der Waals surface area contributed by atoms with Crippen LogP contribution in [0.3, 0.4) is 0 Å². The average molecular weight is 236 g/mol. The molecule has 0 heterocycles. The molecule has 0 aliphatic rings. The van der Waals surface area contributed by atoms with Gasteiger partial charge in [-0.3, -0.25) is 0 Å². The maximum atomic E-state index is 10.7. The van der Waals surface area contributed by atoms with Gasteiger partial charge in [-0.15, -0.1) is 0 Å². The van der Waals surface area contributed by atoms with Crippen LogP contribution in [0.1, 0.15) is 16.7 Å².